The predicted octanol–water partition coefficient (Wildman–Crippen LogP) is 5.12. The molecule has 2 aliphatic rings. The van der Waals surface area contributed by atoms with Gasteiger partial charge < -0.3 is 10.2 Å². The van der Waals surface area contributed by atoms with E-state index in [0.29, 0.717) is 16.4 Å². The molecule has 1 N–H and O–H groups in total. The normalized spacial score (nSPS) is 18.1. The van der Waals surface area contributed by atoms with E-state index >= 15 is 0 Å². The monoisotopic (exact) mass is 409 g/mol. The maximum atomic E-state index is 13.3. The molecule has 0 bridgehead atoms. The zero-order valence-corrected chi connectivity index (χ0v) is 17.6. The highest BCUT2D eigenvalue weighted by Gasteiger charge is 2.37. The second kappa shape index (κ2) is 7.64. The first-order chi connectivity index (χ1) is 13.8. The van der Waals surface area contributed by atoms with Crippen molar-refractivity contribution >= 4 is 46.2 Å². The molecule has 5 nitrogen and oxygen atoms in total. The largest absolute Gasteiger partial charge is 0.323 e. The van der Waals surface area contributed by atoms with E-state index in [-0.39, 0.29) is 24.3 Å². The number of amides is 2. The molecule has 150 valence electrons. The zero-order valence-electron chi connectivity index (χ0n) is 16.9. The number of nitrogens with zero attached hydrogens (tertiary/aromatic N) is 2. The van der Waals surface area contributed by atoms with Crippen LogP contribution in [0, 0.1) is 26.7 Å². The van der Waals surface area contributed by atoms with E-state index in [9.17, 15) is 9.59 Å². The van der Waals surface area contributed by atoms with E-state index in [1.807, 2.05) is 39.0 Å². The lowest BCUT2D eigenvalue weighted by Gasteiger charge is -2.25. The molecule has 29 heavy (non-hydrogen) atoms. The van der Waals surface area contributed by atoms with Gasteiger partial charge in [0.15, 0.2) is 0 Å². The molecule has 0 spiro atoms. The second-order valence-electron chi connectivity index (χ2n) is 7.93. The van der Waals surface area contributed by atoms with E-state index in [2.05, 4.69) is 5.32 Å². The molecule has 1 aliphatic carbocycles. The molecule has 1 aliphatic heterocycles. The first kappa shape index (κ1) is 19.6. The molecular formula is C23H24ClN3O2. The number of aliphatic imine (C=N–C) groups is 1. The Kier molecular flexibility index (Phi) is 5.17. The molecule has 4 rings (SSSR count). The summed E-state index contributed by atoms with van der Waals surface area (Å²) in [6.45, 7) is 5.90. The topological polar surface area (TPSA) is 61.8 Å². The van der Waals surface area contributed by atoms with Gasteiger partial charge in [0, 0.05) is 5.71 Å². The molecule has 2 aromatic carbocycles. The van der Waals surface area contributed by atoms with Gasteiger partial charge in [-0.3, -0.25) is 14.6 Å². The minimum Gasteiger partial charge on any atom is -0.323 e. The van der Waals surface area contributed by atoms with Gasteiger partial charge in [-0.2, -0.15) is 0 Å². The van der Waals surface area contributed by atoms with Gasteiger partial charge in [0.05, 0.1) is 28.0 Å². The molecule has 0 radical (unpaired) electrons. The molecule has 1 heterocycles. The number of nitrogens with one attached hydrogen (secondary N) is 1. The van der Waals surface area contributed by atoms with Crippen molar-refractivity contribution in [3.05, 3.63) is 52.0 Å². The van der Waals surface area contributed by atoms with E-state index in [4.69, 9.17) is 16.6 Å². The van der Waals surface area contributed by atoms with Crippen molar-refractivity contribution in [1.29, 1.82) is 0 Å². The molecule has 1 unspecified atom stereocenters. The fourth-order valence-electron chi connectivity index (χ4n) is 4.00. The van der Waals surface area contributed by atoms with Crippen molar-refractivity contribution in [1.82, 2.24) is 0 Å². The summed E-state index contributed by atoms with van der Waals surface area (Å²) in [5, 5.41) is 3.32. The molecule has 2 amide bonds. The third-order valence-electron chi connectivity index (χ3n) is 5.74. The van der Waals surface area contributed by atoms with Crippen LogP contribution in [0.15, 0.2) is 35.3 Å². The Morgan fingerprint density at radius 3 is 2.72 bits per heavy atom. The number of halogens is 1. The van der Waals surface area contributed by atoms with Gasteiger partial charge in [-0.25, -0.2) is 0 Å². The van der Waals surface area contributed by atoms with Crippen LogP contribution in [0.25, 0.3) is 0 Å². The van der Waals surface area contributed by atoms with Gasteiger partial charge in [0.25, 0.3) is 0 Å². The van der Waals surface area contributed by atoms with Gasteiger partial charge in [-0.05, 0) is 81.0 Å². The highest BCUT2D eigenvalue weighted by atomic mass is 35.5. The third kappa shape index (κ3) is 3.79. The Hall–Kier alpha value is -2.66. The third-order valence-corrected chi connectivity index (χ3v) is 6.05. The Labute approximate surface area is 175 Å². The van der Waals surface area contributed by atoms with Crippen molar-refractivity contribution in [2.24, 2.45) is 10.9 Å². The summed E-state index contributed by atoms with van der Waals surface area (Å²) in [5.41, 5.74) is 6.14. The smallest absolute Gasteiger partial charge is 0.244 e. The Balaban J connectivity index is 1.66. The van der Waals surface area contributed by atoms with Crippen molar-refractivity contribution in [3.63, 3.8) is 0 Å². The highest BCUT2D eigenvalue weighted by Crippen LogP contribution is 2.39. The van der Waals surface area contributed by atoms with Gasteiger partial charge in [0.1, 0.15) is 6.54 Å². The summed E-state index contributed by atoms with van der Waals surface area (Å²) in [7, 11) is 0. The summed E-state index contributed by atoms with van der Waals surface area (Å²) >= 11 is 6.25. The minimum atomic E-state index is -0.283. The Bertz CT molecular complexity index is 1040. The summed E-state index contributed by atoms with van der Waals surface area (Å²) in [4.78, 5) is 32.6. The minimum absolute atomic E-state index is 0.0478. The molecule has 2 aromatic rings. The first-order valence-corrected chi connectivity index (χ1v) is 10.3. The van der Waals surface area contributed by atoms with E-state index < -0.39 is 0 Å². The number of rotatable bonds is 3. The van der Waals surface area contributed by atoms with Gasteiger partial charge in [0.2, 0.25) is 11.8 Å². The fourth-order valence-corrected chi connectivity index (χ4v) is 4.28. The van der Waals surface area contributed by atoms with Crippen LogP contribution >= 0.6 is 11.6 Å². The van der Waals surface area contributed by atoms with Crippen molar-refractivity contribution < 1.29 is 9.59 Å². The molecule has 1 fully saturated rings. The van der Waals surface area contributed by atoms with Crippen LogP contribution < -0.4 is 10.2 Å². The van der Waals surface area contributed by atoms with E-state index in [0.717, 1.165) is 47.4 Å². The summed E-state index contributed by atoms with van der Waals surface area (Å²) in [6.07, 6.45) is 2.57. The number of hydrogen-bond acceptors (Lipinski definition) is 3. The Morgan fingerprint density at radius 1 is 1.21 bits per heavy atom. The fraction of sp³-hybridized carbons (Fsp3) is 0.348. The SMILES string of the molecule is Cc1ccc(NC(=O)CN2C(=O)C3CCCC3=Nc3cc(C)c(C)cc32)c(Cl)c1. The van der Waals surface area contributed by atoms with Gasteiger partial charge in [-0.15, -0.1) is 0 Å². The highest BCUT2D eigenvalue weighted by molar-refractivity contribution is 6.33. The Morgan fingerprint density at radius 2 is 1.97 bits per heavy atom. The van der Waals surface area contributed by atoms with Crippen LogP contribution in [-0.4, -0.2) is 24.1 Å². The number of anilines is 2. The van der Waals surface area contributed by atoms with Crippen molar-refractivity contribution in [2.45, 2.75) is 40.0 Å². The standard InChI is InChI=1S/C23H24ClN3O2/c1-13-7-8-19(17(24)9-13)26-22(28)12-27-21-11-15(3)14(2)10-20(21)25-18-6-4-5-16(18)23(27)29/h7-11,16H,4-6,12H2,1-3H3,(H,26,28). The maximum absolute atomic E-state index is 13.3. The average Bonchev–Trinajstić information content (AvgIpc) is 3.09. The molecule has 0 saturated heterocycles. The molecule has 6 heteroatoms. The molecule has 1 saturated carbocycles. The number of hydrogen-bond donors (Lipinski definition) is 1. The summed E-state index contributed by atoms with van der Waals surface area (Å²) in [5.74, 6) is -0.568. The number of carbonyl (C=O) groups is 2. The number of aryl methyl sites for hydroxylation is 3. The van der Waals surface area contributed by atoms with E-state index in [1.165, 1.54) is 0 Å². The second-order valence-corrected chi connectivity index (χ2v) is 8.34. The van der Waals surface area contributed by atoms with Crippen molar-refractivity contribution in [3.8, 4) is 0 Å². The first-order valence-electron chi connectivity index (χ1n) is 9.89. The van der Waals surface area contributed by atoms with Gasteiger partial charge in [-0.1, -0.05) is 17.7 Å². The average molecular weight is 410 g/mol. The molecular weight excluding hydrogens is 386 g/mol. The van der Waals surface area contributed by atoms with Crippen LogP contribution in [0.2, 0.25) is 5.02 Å². The zero-order chi connectivity index (χ0) is 20.7. The van der Waals surface area contributed by atoms with Gasteiger partial charge >= 0.3 is 0 Å². The van der Waals surface area contributed by atoms with E-state index in [1.54, 1.807) is 17.0 Å². The maximum Gasteiger partial charge on any atom is 0.244 e. The van der Waals surface area contributed by atoms with Crippen LogP contribution in [0.3, 0.4) is 0 Å². The van der Waals surface area contributed by atoms with Crippen molar-refractivity contribution in [2.75, 3.05) is 16.8 Å². The van der Waals surface area contributed by atoms with Crippen LogP contribution in [0.4, 0.5) is 17.1 Å². The lowest BCUT2D eigenvalue weighted by Crippen LogP contribution is -2.42. The summed E-state index contributed by atoms with van der Waals surface area (Å²) < 4.78 is 0. The summed E-state index contributed by atoms with van der Waals surface area (Å²) in [6, 6.07) is 9.43. The molecule has 0 aromatic heterocycles. The lowest BCUT2D eigenvalue weighted by molar-refractivity contribution is -0.122. The number of benzene rings is 2. The lowest BCUT2D eigenvalue weighted by atomic mass is 10.0. The number of fused-ring (bicyclic) bond motifs is 2. The number of carbonyl (C=O) groups excluding carboxylic acids is 2. The van der Waals surface area contributed by atoms with Crippen LogP contribution in [0.5, 0.6) is 0 Å². The van der Waals surface area contributed by atoms with Crippen LogP contribution in [-0.2, 0) is 9.59 Å². The van der Waals surface area contributed by atoms with Crippen LogP contribution in [0.1, 0.15) is 36.0 Å². The quantitative estimate of drug-likeness (QED) is 0.764. The molecule has 1 atom stereocenters. The predicted molar refractivity (Wildman–Crippen MR) is 118 cm³/mol.